The number of hydrogen-bond acceptors (Lipinski definition) is 2. The van der Waals surface area contributed by atoms with Crippen molar-refractivity contribution in [3.8, 4) is 0 Å². The molecule has 0 aromatic carbocycles. The third-order valence-electron chi connectivity index (χ3n) is 5.42. The molecule has 1 heterocycles. The van der Waals surface area contributed by atoms with Crippen molar-refractivity contribution in [1.82, 2.24) is 10.2 Å². The average Bonchev–Trinajstić information content (AvgIpc) is 2.47. The van der Waals surface area contributed by atoms with E-state index in [2.05, 4.69) is 24.1 Å². The van der Waals surface area contributed by atoms with Crippen molar-refractivity contribution in [1.29, 1.82) is 0 Å². The minimum Gasteiger partial charge on any atom is -0.311 e. The summed E-state index contributed by atoms with van der Waals surface area (Å²) >= 11 is 0. The molecule has 21 heavy (non-hydrogen) atoms. The SMILES string of the molecule is CCN1CCC(C(C)NC2CCCC(C(F)(F)F)C2)CC1. The van der Waals surface area contributed by atoms with E-state index in [1.165, 1.54) is 0 Å². The molecule has 2 nitrogen and oxygen atoms in total. The van der Waals surface area contributed by atoms with E-state index >= 15 is 0 Å². The van der Waals surface area contributed by atoms with Gasteiger partial charge in [0.2, 0.25) is 0 Å². The minimum atomic E-state index is -4.02. The number of nitrogens with one attached hydrogen (secondary N) is 1. The third-order valence-corrected chi connectivity index (χ3v) is 5.42. The molecule has 2 rings (SSSR count). The van der Waals surface area contributed by atoms with Crippen molar-refractivity contribution in [2.45, 2.75) is 70.6 Å². The number of rotatable bonds is 4. The van der Waals surface area contributed by atoms with Gasteiger partial charge in [-0.05, 0) is 64.6 Å². The van der Waals surface area contributed by atoms with Crippen LogP contribution in [0.1, 0.15) is 52.4 Å². The maximum Gasteiger partial charge on any atom is 0.391 e. The van der Waals surface area contributed by atoms with Gasteiger partial charge < -0.3 is 10.2 Å². The molecule has 1 aliphatic heterocycles. The molecule has 0 amide bonds. The Kier molecular flexibility index (Phi) is 5.95. The zero-order chi connectivity index (χ0) is 15.5. The zero-order valence-corrected chi connectivity index (χ0v) is 13.3. The third kappa shape index (κ3) is 4.85. The van der Waals surface area contributed by atoms with E-state index < -0.39 is 12.1 Å². The summed E-state index contributed by atoms with van der Waals surface area (Å²) in [5, 5.41) is 3.50. The molecule has 0 aromatic heterocycles. The molecule has 124 valence electrons. The molecule has 0 bridgehead atoms. The molecule has 1 aliphatic carbocycles. The Morgan fingerprint density at radius 2 is 1.81 bits per heavy atom. The second-order valence-electron chi connectivity index (χ2n) is 6.83. The summed E-state index contributed by atoms with van der Waals surface area (Å²) in [6, 6.07) is 0.380. The van der Waals surface area contributed by atoms with Gasteiger partial charge in [0.25, 0.3) is 0 Å². The lowest BCUT2D eigenvalue weighted by atomic mass is 9.83. The predicted molar refractivity (Wildman–Crippen MR) is 79.2 cm³/mol. The number of likely N-dealkylation sites (tertiary alicyclic amines) is 1. The van der Waals surface area contributed by atoms with Crippen LogP contribution in [0.25, 0.3) is 0 Å². The highest BCUT2D eigenvalue weighted by Gasteiger charge is 2.42. The molecule has 1 saturated heterocycles. The van der Waals surface area contributed by atoms with E-state index in [1.807, 2.05) is 0 Å². The monoisotopic (exact) mass is 306 g/mol. The molecule has 3 unspecified atom stereocenters. The maximum atomic E-state index is 12.9. The van der Waals surface area contributed by atoms with Crippen LogP contribution in [0.3, 0.4) is 0 Å². The van der Waals surface area contributed by atoms with E-state index in [4.69, 9.17) is 0 Å². The largest absolute Gasteiger partial charge is 0.391 e. The summed E-state index contributed by atoms with van der Waals surface area (Å²) in [6.45, 7) is 7.70. The Labute approximate surface area is 126 Å². The summed E-state index contributed by atoms with van der Waals surface area (Å²) in [6.07, 6.45) is 0.477. The van der Waals surface area contributed by atoms with Crippen LogP contribution in [0, 0.1) is 11.8 Å². The van der Waals surface area contributed by atoms with Crippen molar-refractivity contribution < 1.29 is 13.2 Å². The first-order valence-corrected chi connectivity index (χ1v) is 8.45. The van der Waals surface area contributed by atoms with Gasteiger partial charge in [-0.15, -0.1) is 0 Å². The second kappa shape index (κ2) is 7.32. The highest BCUT2D eigenvalue weighted by atomic mass is 19.4. The van der Waals surface area contributed by atoms with Gasteiger partial charge in [-0.1, -0.05) is 13.3 Å². The summed E-state index contributed by atoms with van der Waals surface area (Å²) in [7, 11) is 0. The number of hydrogen-bond donors (Lipinski definition) is 1. The van der Waals surface area contributed by atoms with Crippen LogP contribution in [0.2, 0.25) is 0 Å². The molecule has 5 heteroatoms. The maximum absolute atomic E-state index is 12.9. The molecule has 2 aliphatic rings. The Morgan fingerprint density at radius 3 is 2.38 bits per heavy atom. The van der Waals surface area contributed by atoms with E-state index in [1.54, 1.807) is 0 Å². The summed E-state index contributed by atoms with van der Waals surface area (Å²) in [4.78, 5) is 2.45. The summed E-state index contributed by atoms with van der Waals surface area (Å²) in [5.41, 5.74) is 0. The summed E-state index contributed by atoms with van der Waals surface area (Å²) < 4.78 is 38.6. The quantitative estimate of drug-likeness (QED) is 0.849. The van der Waals surface area contributed by atoms with E-state index in [0.717, 1.165) is 38.9 Å². The fraction of sp³-hybridized carbons (Fsp3) is 1.00. The Morgan fingerprint density at radius 1 is 1.14 bits per heavy atom. The van der Waals surface area contributed by atoms with Gasteiger partial charge in [0.15, 0.2) is 0 Å². The van der Waals surface area contributed by atoms with Crippen LogP contribution >= 0.6 is 0 Å². The highest BCUT2D eigenvalue weighted by molar-refractivity contribution is 4.86. The molecule has 0 spiro atoms. The van der Waals surface area contributed by atoms with Crippen LogP contribution in [0.4, 0.5) is 13.2 Å². The van der Waals surface area contributed by atoms with Crippen molar-refractivity contribution >= 4 is 0 Å². The van der Waals surface area contributed by atoms with Gasteiger partial charge >= 0.3 is 6.18 Å². The molecule has 0 radical (unpaired) electrons. The lowest BCUT2D eigenvalue weighted by Gasteiger charge is -2.38. The van der Waals surface area contributed by atoms with Crippen LogP contribution < -0.4 is 5.32 Å². The highest BCUT2D eigenvalue weighted by Crippen LogP contribution is 2.37. The molecule has 3 atom stereocenters. The normalized spacial score (nSPS) is 31.3. The van der Waals surface area contributed by atoms with Crippen LogP contribution in [0.5, 0.6) is 0 Å². The van der Waals surface area contributed by atoms with Crippen molar-refractivity contribution in [3.05, 3.63) is 0 Å². The van der Waals surface area contributed by atoms with Crippen LogP contribution in [-0.4, -0.2) is 42.8 Å². The first-order chi connectivity index (χ1) is 9.90. The zero-order valence-electron chi connectivity index (χ0n) is 13.3. The lowest BCUT2D eigenvalue weighted by molar-refractivity contribution is -0.184. The van der Waals surface area contributed by atoms with Crippen molar-refractivity contribution in [2.24, 2.45) is 11.8 Å². The van der Waals surface area contributed by atoms with Gasteiger partial charge in [-0.25, -0.2) is 0 Å². The number of alkyl halides is 3. The Hall–Kier alpha value is -0.290. The van der Waals surface area contributed by atoms with Gasteiger partial charge in [0.05, 0.1) is 5.92 Å². The Balaban J connectivity index is 1.78. The Bertz CT molecular complexity index is 311. The van der Waals surface area contributed by atoms with Gasteiger partial charge in [-0.2, -0.15) is 13.2 Å². The van der Waals surface area contributed by atoms with Crippen LogP contribution in [-0.2, 0) is 0 Å². The fourth-order valence-corrected chi connectivity index (χ4v) is 3.92. The fourth-order valence-electron chi connectivity index (χ4n) is 3.92. The van der Waals surface area contributed by atoms with Crippen LogP contribution in [0.15, 0.2) is 0 Å². The molecular formula is C16H29F3N2. The molecule has 2 fully saturated rings. The minimum absolute atomic E-state index is 0.0459. The second-order valence-corrected chi connectivity index (χ2v) is 6.83. The first kappa shape index (κ1) is 17.1. The number of nitrogens with zero attached hydrogens (tertiary/aromatic N) is 1. The van der Waals surface area contributed by atoms with E-state index in [-0.39, 0.29) is 12.5 Å². The first-order valence-electron chi connectivity index (χ1n) is 8.45. The number of halogens is 3. The average molecular weight is 306 g/mol. The van der Waals surface area contributed by atoms with E-state index in [9.17, 15) is 13.2 Å². The standard InChI is InChI=1S/C16H29F3N2/c1-3-21-9-7-13(8-10-21)12(2)20-15-6-4-5-14(11-15)16(17,18)19/h12-15,20H,3-11H2,1-2H3. The molecule has 1 saturated carbocycles. The lowest BCUT2D eigenvalue weighted by Crippen LogP contribution is -2.47. The van der Waals surface area contributed by atoms with Gasteiger partial charge in [-0.3, -0.25) is 0 Å². The van der Waals surface area contributed by atoms with Crippen molar-refractivity contribution in [2.75, 3.05) is 19.6 Å². The smallest absolute Gasteiger partial charge is 0.311 e. The van der Waals surface area contributed by atoms with E-state index in [0.29, 0.717) is 24.8 Å². The predicted octanol–water partition coefficient (Wildman–Crippen LogP) is 3.82. The molecule has 0 aromatic rings. The van der Waals surface area contributed by atoms with Crippen molar-refractivity contribution in [3.63, 3.8) is 0 Å². The topological polar surface area (TPSA) is 15.3 Å². The molecular weight excluding hydrogens is 277 g/mol. The number of piperidine rings is 1. The molecule has 1 N–H and O–H groups in total. The van der Waals surface area contributed by atoms with Gasteiger partial charge in [0.1, 0.15) is 0 Å². The van der Waals surface area contributed by atoms with Gasteiger partial charge in [0, 0.05) is 12.1 Å². The summed E-state index contributed by atoms with van der Waals surface area (Å²) in [5.74, 6) is -0.489.